The van der Waals surface area contributed by atoms with Crippen molar-refractivity contribution in [2.24, 2.45) is 0 Å². The fourth-order valence-corrected chi connectivity index (χ4v) is 0.666. The van der Waals surface area contributed by atoms with E-state index < -0.39 is 0 Å². The van der Waals surface area contributed by atoms with Gasteiger partial charge >= 0.3 is 0 Å². The lowest BCUT2D eigenvalue weighted by atomic mass is 10.3. The maximum absolute atomic E-state index is 9.02. The Morgan fingerprint density at radius 1 is 1.33 bits per heavy atom. The van der Waals surface area contributed by atoms with E-state index in [1.54, 1.807) is 6.20 Å². The molecule has 2 heteroatoms. The van der Waals surface area contributed by atoms with E-state index in [-0.39, 0.29) is 0 Å². The van der Waals surface area contributed by atoms with Gasteiger partial charge in [-0.1, -0.05) is 0 Å². The second kappa shape index (κ2) is 2.05. The van der Waals surface area contributed by atoms with Crippen LogP contribution in [0.5, 0.6) is 0 Å². The average Bonchev–Trinajstić information content (AvgIpc) is 1.80. The molecule has 0 saturated carbocycles. The summed E-state index contributed by atoms with van der Waals surface area (Å²) in [7, 11) is 0. The van der Waals surface area contributed by atoms with Crippen LogP contribution in [0.15, 0.2) is 18.3 Å². The van der Waals surface area contributed by atoms with E-state index in [1.807, 2.05) is 26.0 Å². The first-order valence-electron chi connectivity index (χ1n) is 2.88. The van der Waals surface area contributed by atoms with E-state index in [4.69, 9.17) is 5.21 Å². The highest BCUT2D eigenvalue weighted by Gasteiger charge is 2.00. The summed E-state index contributed by atoms with van der Waals surface area (Å²) in [5, 5.41) is 9.02. The van der Waals surface area contributed by atoms with Crippen LogP contribution in [-0.2, 0) is 0 Å². The number of rotatable bonds is 0. The molecule has 9 heavy (non-hydrogen) atoms. The highest BCUT2D eigenvalue weighted by molar-refractivity contribution is 5.05. The average molecular weight is 124 g/mol. The highest BCUT2D eigenvalue weighted by Crippen LogP contribution is 1.92. The van der Waals surface area contributed by atoms with Crippen LogP contribution in [0.3, 0.4) is 0 Å². The van der Waals surface area contributed by atoms with Gasteiger partial charge in [-0.25, -0.2) is 0 Å². The largest absolute Gasteiger partial charge is 0.285 e. The van der Waals surface area contributed by atoms with Crippen LogP contribution < -0.4 is 4.73 Å². The molecule has 0 aliphatic carbocycles. The Morgan fingerprint density at radius 2 is 2.00 bits per heavy atom. The lowest BCUT2D eigenvalue weighted by Crippen LogP contribution is -2.33. The zero-order valence-electron chi connectivity index (χ0n) is 5.63. The van der Waals surface area contributed by atoms with Crippen LogP contribution in [0.25, 0.3) is 0 Å². The molecule has 1 aromatic heterocycles. The van der Waals surface area contributed by atoms with Crippen LogP contribution >= 0.6 is 0 Å². The van der Waals surface area contributed by atoms with Crippen LogP contribution in [0, 0.1) is 13.8 Å². The summed E-state index contributed by atoms with van der Waals surface area (Å²) in [5.41, 5.74) is 1.91. The van der Waals surface area contributed by atoms with E-state index in [0.29, 0.717) is 0 Å². The van der Waals surface area contributed by atoms with Gasteiger partial charge in [-0.2, -0.15) is 0 Å². The van der Waals surface area contributed by atoms with Gasteiger partial charge in [0, 0.05) is 23.3 Å². The lowest BCUT2D eigenvalue weighted by molar-refractivity contribution is -0.909. The normalized spacial score (nSPS) is 9.56. The molecule has 48 valence electrons. The molecule has 0 amide bonds. The standard InChI is InChI=1S/C7H10NO/c1-6-3-4-7(2)8(9)5-6/h3-5,9H,1-2H3/q+1. The predicted molar refractivity (Wildman–Crippen MR) is 33.3 cm³/mol. The van der Waals surface area contributed by atoms with Gasteiger partial charge in [-0.05, 0) is 13.0 Å². The summed E-state index contributed by atoms with van der Waals surface area (Å²) in [4.78, 5) is 0. The van der Waals surface area contributed by atoms with Gasteiger partial charge < -0.3 is 0 Å². The molecular formula is C7H10NO+. The summed E-state index contributed by atoms with van der Waals surface area (Å²) < 4.78 is 1.12. The molecule has 0 aliphatic heterocycles. The summed E-state index contributed by atoms with van der Waals surface area (Å²) >= 11 is 0. The minimum atomic E-state index is 0.848. The van der Waals surface area contributed by atoms with Gasteiger partial charge in [-0.3, -0.25) is 5.21 Å². The summed E-state index contributed by atoms with van der Waals surface area (Å²) in [6, 6.07) is 3.83. The van der Waals surface area contributed by atoms with Crippen LogP contribution in [0.4, 0.5) is 0 Å². The molecule has 0 spiro atoms. The predicted octanol–water partition coefficient (Wildman–Crippen LogP) is 0.828. The Kier molecular flexibility index (Phi) is 1.39. The first kappa shape index (κ1) is 6.08. The monoisotopic (exact) mass is 124 g/mol. The van der Waals surface area contributed by atoms with Crippen molar-refractivity contribution in [1.82, 2.24) is 0 Å². The molecule has 0 fully saturated rings. The van der Waals surface area contributed by atoms with Crippen molar-refractivity contribution in [2.75, 3.05) is 0 Å². The minimum absolute atomic E-state index is 0.848. The van der Waals surface area contributed by atoms with Gasteiger partial charge in [0.2, 0.25) is 11.9 Å². The van der Waals surface area contributed by atoms with E-state index in [0.717, 1.165) is 16.0 Å². The first-order valence-corrected chi connectivity index (χ1v) is 2.88. The maximum atomic E-state index is 9.02. The molecule has 1 heterocycles. The molecule has 1 N–H and O–H groups in total. The molecule has 0 aromatic carbocycles. The maximum Gasteiger partial charge on any atom is 0.231 e. The number of aromatic nitrogens is 1. The Morgan fingerprint density at radius 3 is 2.44 bits per heavy atom. The molecule has 0 atom stereocenters. The Labute approximate surface area is 54.3 Å². The zero-order chi connectivity index (χ0) is 6.85. The second-order valence-corrected chi connectivity index (χ2v) is 2.19. The third kappa shape index (κ3) is 1.19. The molecule has 1 rings (SSSR count). The van der Waals surface area contributed by atoms with Crippen molar-refractivity contribution >= 4 is 0 Å². The topological polar surface area (TPSA) is 24.1 Å². The molecule has 0 saturated heterocycles. The van der Waals surface area contributed by atoms with E-state index in [9.17, 15) is 0 Å². The Hall–Kier alpha value is -1.05. The van der Waals surface area contributed by atoms with Gasteiger partial charge in [0.05, 0.1) is 0 Å². The molecule has 0 unspecified atom stereocenters. The van der Waals surface area contributed by atoms with Gasteiger partial charge in [0.1, 0.15) is 0 Å². The first-order chi connectivity index (χ1) is 4.20. The Bertz CT molecular complexity index is 220. The summed E-state index contributed by atoms with van der Waals surface area (Å²) in [6.45, 7) is 3.78. The van der Waals surface area contributed by atoms with Crippen LogP contribution in [0.2, 0.25) is 0 Å². The SMILES string of the molecule is Cc1ccc(C)[n+](O)c1. The fourth-order valence-electron chi connectivity index (χ4n) is 0.666. The third-order valence-corrected chi connectivity index (χ3v) is 1.27. The van der Waals surface area contributed by atoms with Crippen molar-refractivity contribution < 1.29 is 9.94 Å². The molecular weight excluding hydrogens is 114 g/mol. The van der Waals surface area contributed by atoms with Crippen LogP contribution in [-0.4, -0.2) is 5.21 Å². The molecule has 2 nitrogen and oxygen atoms in total. The third-order valence-electron chi connectivity index (χ3n) is 1.27. The number of hydrogen-bond donors (Lipinski definition) is 1. The van der Waals surface area contributed by atoms with Crippen molar-refractivity contribution in [3.8, 4) is 0 Å². The Balaban J connectivity index is 3.17. The molecule has 0 radical (unpaired) electrons. The van der Waals surface area contributed by atoms with Gasteiger partial charge in [0.15, 0.2) is 0 Å². The zero-order valence-corrected chi connectivity index (χ0v) is 5.63. The van der Waals surface area contributed by atoms with Crippen molar-refractivity contribution in [2.45, 2.75) is 13.8 Å². The van der Waals surface area contributed by atoms with E-state index >= 15 is 0 Å². The summed E-state index contributed by atoms with van der Waals surface area (Å²) in [5.74, 6) is 0. The molecule has 0 bridgehead atoms. The summed E-state index contributed by atoms with van der Waals surface area (Å²) in [6.07, 6.45) is 1.68. The molecule has 1 aromatic rings. The quantitative estimate of drug-likeness (QED) is 0.402. The van der Waals surface area contributed by atoms with Crippen molar-refractivity contribution in [1.29, 1.82) is 0 Å². The molecule has 0 aliphatic rings. The second-order valence-electron chi connectivity index (χ2n) is 2.19. The van der Waals surface area contributed by atoms with Gasteiger partial charge in [-0.15, -0.1) is 0 Å². The lowest BCUT2D eigenvalue weighted by Gasteiger charge is -1.88. The fraction of sp³-hybridized carbons (Fsp3) is 0.286. The number of aryl methyl sites for hydroxylation is 2. The number of nitrogens with zero attached hydrogens (tertiary/aromatic N) is 1. The minimum Gasteiger partial charge on any atom is -0.285 e. The smallest absolute Gasteiger partial charge is 0.231 e. The van der Waals surface area contributed by atoms with E-state index in [2.05, 4.69) is 0 Å². The highest BCUT2D eigenvalue weighted by atomic mass is 16.5. The van der Waals surface area contributed by atoms with Crippen molar-refractivity contribution in [3.63, 3.8) is 0 Å². The van der Waals surface area contributed by atoms with E-state index in [1.165, 1.54) is 0 Å². The van der Waals surface area contributed by atoms with Crippen LogP contribution in [0.1, 0.15) is 11.3 Å². The van der Waals surface area contributed by atoms with Crippen molar-refractivity contribution in [3.05, 3.63) is 29.6 Å². The number of pyridine rings is 1. The van der Waals surface area contributed by atoms with Gasteiger partial charge in [0.25, 0.3) is 0 Å². The number of hydrogen-bond acceptors (Lipinski definition) is 1.